The van der Waals surface area contributed by atoms with Crippen molar-refractivity contribution in [1.29, 1.82) is 5.26 Å². The fourth-order valence-electron chi connectivity index (χ4n) is 2.17. The zero-order chi connectivity index (χ0) is 14.0. The standard InChI is InChI=1S/C15H16N2OS/c1-9-6-4-5-7-11(9)14(18-3)15-13(17)12(8-16)10(2)19-15/h4-7,14H,17H2,1-3H3. The molecule has 1 aromatic carbocycles. The number of nitrogens with zero attached hydrogens (tertiary/aromatic N) is 1. The third-order valence-electron chi connectivity index (χ3n) is 3.21. The first-order valence-corrected chi connectivity index (χ1v) is 6.79. The van der Waals surface area contributed by atoms with Gasteiger partial charge in [0.1, 0.15) is 12.2 Å². The van der Waals surface area contributed by atoms with Gasteiger partial charge in [0.15, 0.2) is 0 Å². The SMILES string of the molecule is COC(c1ccccc1C)c1sc(C)c(C#N)c1N. The molecule has 0 aliphatic carbocycles. The van der Waals surface area contributed by atoms with Crippen molar-refractivity contribution in [2.24, 2.45) is 0 Å². The summed E-state index contributed by atoms with van der Waals surface area (Å²) in [5.41, 5.74) is 9.43. The van der Waals surface area contributed by atoms with Gasteiger partial charge in [0.2, 0.25) is 0 Å². The van der Waals surface area contributed by atoms with Crippen molar-refractivity contribution in [3.05, 3.63) is 50.7 Å². The van der Waals surface area contributed by atoms with E-state index in [1.807, 2.05) is 38.1 Å². The molecule has 1 heterocycles. The number of nitriles is 1. The molecule has 2 rings (SSSR count). The number of hydrogen-bond acceptors (Lipinski definition) is 4. The summed E-state index contributed by atoms with van der Waals surface area (Å²) in [5, 5.41) is 9.13. The molecule has 0 saturated carbocycles. The van der Waals surface area contributed by atoms with Gasteiger partial charge in [-0.15, -0.1) is 11.3 Å². The van der Waals surface area contributed by atoms with Gasteiger partial charge in [-0.05, 0) is 25.0 Å². The lowest BCUT2D eigenvalue weighted by Gasteiger charge is -2.17. The number of anilines is 1. The highest BCUT2D eigenvalue weighted by Crippen LogP contribution is 2.39. The zero-order valence-electron chi connectivity index (χ0n) is 11.2. The maximum Gasteiger partial charge on any atom is 0.119 e. The van der Waals surface area contributed by atoms with Crippen molar-refractivity contribution in [1.82, 2.24) is 0 Å². The van der Waals surface area contributed by atoms with E-state index in [1.54, 1.807) is 7.11 Å². The highest BCUT2D eigenvalue weighted by molar-refractivity contribution is 7.12. The van der Waals surface area contributed by atoms with E-state index < -0.39 is 0 Å². The number of nitrogens with two attached hydrogens (primary N) is 1. The molecular weight excluding hydrogens is 256 g/mol. The quantitative estimate of drug-likeness (QED) is 0.929. The molecule has 0 fully saturated rings. The predicted molar refractivity (Wildman–Crippen MR) is 78.2 cm³/mol. The van der Waals surface area contributed by atoms with Crippen LogP contribution in [0.2, 0.25) is 0 Å². The molecule has 19 heavy (non-hydrogen) atoms. The Bertz CT molecular complexity index is 640. The van der Waals surface area contributed by atoms with Crippen LogP contribution >= 0.6 is 11.3 Å². The molecule has 0 aliphatic rings. The van der Waals surface area contributed by atoms with Crippen LogP contribution in [-0.4, -0.2) is 7.11 Å². The summed E-state index contributed by atoms with van der Waals surface area (Å²) in [6, 6.07) is 10.2. The molecule has 4 heteroatoms. The zero-order valence-corrected chi connectivity index (χ0v) is 12.0. The number of benzene rings is 1. The molecule has 0 amide bonds. The fraction of sp³-hybridized carbons (Fsp3) is 0.267. The molecule has 1 unspecified atom stereocenters. The molecule has 3 nitrogen and oxygen atoms in total. The Kier molecular flexibility index (Phi) is 3.89. The topological polar surface area (TPSA) is 59.0 Å². The molecular formula is C15H16N2OS. The first-order chi connectivity index (χ1) is 9.10. The molecule has 1 aromatic heterocycles. The van der Waals surface area contributed by atoms with E-state index in [-0.39, 0.29) is 6.10 Å². The van der Waals surface area contributed by atoms with Gasteiger partial charge in [-0.25, -0.2) is 0 Å². The molecule has 0 bridgehead atoms. The number of methoxy groups -OCH3 is 1. The van der Waals surface area contributed by atoms with Crippen LogP contribution < -0.4 is 5.73 Å². The smallest absolute Gasteiger partial charge is 0.119 e. The van der Waals surface area contributed by atoms with Gasteiger partial charge in [0.25, 0.3) is 0 Å². The minimum absolute atomic E-state index is 0.216. The molecule has 1 atom stereocenters. The minimum atomic E-state index is -0.216. The van der Waals surface area contributed by atoms with Crippen LogP contribution in [0.15, 0.2) is 24.3 Å². The van der Waals surface area contributed by atoms with Crippen molar-refractivity contribution in [2.45, 2.75) is 20.0 Å². The van der Waals surface area contributed by atoms with Crippen LogP contribution in [0.25, 0.3) is 0 Å². The predicted octanol–water partition coefficient (Wildman–Crippen LogP) is 3.55. The highest BCUT2D eigenvalue weighted by atomic mass is 32.1. The monoisotopic (exact) mass is 272 g/mol. The Morgan fingerprint density at radius 2 is 2.00 bits per heavy atom. The van der Waals surface area contributed by atoms with Crippen molar-refractivity contribution >= 4 is 17.0 Å². The Balaban J connectivity index is 2.56. The van der Waals surface area contributed by atoms with Crippen molar-refractivity contribution in [3.8, 4) is 6.07 Å². The van der Waals surface area contributed by atoms with Crippen LogP contribution in [-0.2, 0) is 4.74 Å². The van der Waals surface area contributed by atoms with Crippen LogP contribution in [0.3, 0.4) is 0 Å². The number of ether oxygens (including phenoxy) is 1. The summed E-state index contributed by atoms with van der Waals surface area (Å²) < 4.78 is 5.62. The Morgan fingerprint density at radius 1 is 1.32 bits per heavy atom. The van der Waals surface area contributed by atoms with Crippen LogP contribution in [0.5, 0.6) is 0 Å². The second-order valence-electron chi connectivity index (χ2n) is 4.40. The average molecular weight is 272 g/mol. The molecule has 0 aliphatic heterocycles. The van der Waals surface area contributed by atoms with Crippen LogP contribution in [0.4, 0.5) is 5.69 Å². The number of hydrogen-bond donors (Lipinski definition) is 1. The number of nitrogen functional groups attached to an aromatic ring is 1. The normalized spacial score (nSPS) is 12.1. The van der Waals surface area contributed by atoms with Crippen molar-refractivity contribution in [2.75, 3.05) is 12.8 Å². The summed E-state index contributed by atoms with van der Waals surface area (Å²) in [6.45, 7) is 3.96. The van der Waals surface area contributed by atoms with E-state index in [0.717, 1.165) is 20.9 Å². The maximum atomic E-state index is 9.13. The Morgan fingerprint density at radius 3 is 2.53 bits per heavy atom. The third kappa shape index (κ3) is 2.35. The maximum absolute atomic E-state index is 9.13. The van der Waals surface area contributed by atoms with Gasteiger partial charge < -0.3 is 10.5 Å². The second kappa shape index (κ2) is 5.43. The van der Waals surface area contributed by atoms with E-state index in [2.05, 4.69) is 6.07 Å². The average Bonchev–Trinajstić information content (AvgIpc) is 2.68. The summed E-state index contributed by atoms with van der Waals surface area (Å²) in [7, 11) is 1.66. The van der Waals surface area contributed by atoms with Gasteiger partial charge in [-0.3, -0.25) is 0 Å². The van der Waals surface area contributed by atoms with Crippen LogP contribution in [0.1, 0.15) is 32.5 Å². The Hall–Kier alpha value is -1.83. The first kappa shape index (κ1) is 13.6. The minimum Gasteiger partial charge on any atom is -0.397 e. The summed E-state index contributed by atoms with van der Waals surface area (Å²) in [6.07, 6.45) is -0.216. The van der Waals surface area contributed by atoms with Crippen molar-refractivity contribution in [3.63, 3.8) is 0 Å². The molecule has 2 N–H and O–H groups in total. The van der Waals surface area contributed by atoms with Crippen molar-refractivity contribution < 1.29 is 4.74 Å². The molecule has 0 saturated heterocycles. The Labute approximate surface area is 117 Å². The second-order valence-corrected chi connectivity index (χ2v) is 5.65. The van der Waals surface area contributed by atoms with E-state index in [9.17, 15) is 0 Å². The number of thiophene rings is 1. The molecule has 0 spiro atoms. The largest absolute Gasteiger partial charge is 0.397 e. The highest BCUT2D eigenvalue weighted by Gasteiger charge is 2.23. The molecule has 0 radical (unpaired) electrons. The third-order valence-corrected chi connectivity index (χ3v) is 4.37. The summed E-state index contributed by atoms with van der Waals surface area (Å²) in [5.74, 6) is 0. The van der Waals surface area contributed by atoms with Gasteiger partial charge in [-0.2, -0.15) is 5.26 Å². The van der Waals surface area contributed by atoms with Gasteiger partial charge in [0.05, 0.1) is 16.1 Å². The van der Waals surface area contributed by atoms with Gasteiger partial charge in [-0.1, -0.05) is 24.3 Å². The molecule has 98 valence electrons. The summed E-state index contributed by atoms with van der Waals surface area (Å²) in [4.78, 5) is 1.84. The van der Waals surface area contributed by atoms with Gasteiger partial charge >= 0.3 is 0 Å². The summed E-state index contributed by atoms with van der Waals surface area (Å²) >= 11 is 1.53. The van der Waals surface area contributed by atoms with E-state index >= 15 is 0 Å². The van der Waals surface area contributed by atoms with Gasteiger partial charge in [0, 0.05) is 12.0 Å². The van der Waals surface area contributed by atoms with Crippen LogP contribution in [0, 0.1) is 25.2 Å². The number of aryl methyl sites for hydroxylation is 2. The first-order valence-electron chi connectivity index (χ1n) is 5.97. The lowest BCUT2D eigenvalue weighted by atomic mass is 10.0. The fourth-order valence-corrected chi connectivity index (χ4v) is 3.30. The lowest BCUT2D eigenvalue weighted by Crippen LogP contribution is -2.06. The molecule has 2 aromatic rings. The lowest BCUT2D eigenvalue weighted by molar-refractivity contribution is 0.139. The number of rotatable bonds is 3. The van der Waals surface area contributed by atoms with E-state index in [1.165, 1.54) is 11.3 Å². The van der Waals surface area contributed by atoms with E-state index in [0.29, 0.717) is 11.3 Å². The van der Waals surface area contributed by atoms with E-state index in [4.69, 9.17) is 15.7 Å².